The van der Waals surface area contributed by atoms with Crippen molar-refractivity contribution in [2.24, 2.45) is 11.8 Å². The number of hydroxylamine groups is 2. The van der Waals surface area contributed by atoms with Gasteiger partial charge in [0.1, 0.15) is 0 Å². The Hall–Kier alpha value is -1.20. The number of carbonyl (C=O) groups excluding carboxylic acids is 2. The van der Waals surface area contributed by atoms with E-state index in [1.54, 1.807) is 0 Å². The number of rotatable bonds is 1. The lowest BCUT2D eigenvalue weighted by molar-refractivity contribution is -0.183. The van der Waals surface area contributed by atoms with Gasteiger partial charge in [-0.05, 0) is 0 Å². The molecule has 3 rings (SSSR count). The van der Waals surface area contributed by atoms with Crippen LogP contribution in [0.15, 0.2) is 12.2 Å². The monoisotopic (exact) mass is 195 g/mol. The highest BCUT2D eigenvalue weighted by Crippen LogP contribution is 2.44. The highest BCUT2D eigenvalue weighted by molar-refractivity contribution is 6.05. The number of imide groups is 1. The second-order valence-corrected chi connectivity index (χ2v) is 3.66. The number of carbonyl (C=O) groups is 2. The summed E-state index contributed by atoms with van der Waals surface area (Å²) in [6, 6.07) is 0. The molecule has 0 aromatic rings. The van der Waals surface area contributed by atoms with E-state index < -0.39 is 0 Å². The molecule has 2 amide bonds. The van der Waals surface area contributed by atoms with Crippen LogP contribution in [0.1, 0.15) is 0 Å². The zero-order chi connectivity index (χ0) is 9.87. The fourth-order valence-electron chi connectivity index (χ4n) is 2.46. The quantitative estimate of drug-likeness (QED) is 0.417. The van der Waals surface area contributed by atoms with E-state index in [2.05, 4.69) is 0 Å². The fraction of sp³-hybridized carbons (Fsp3) is 0.556. The summed E-state index contributed by atoms with van der Waals surface area (Å²) in [6.45, 7) is 0. The van der Waals surface area contributed by atoms with Crippen molar-refractivity contribution >= 4 is 11.8 Å². The maximum absolute atomic E-state index is 11.7. The van der Waals surface area contributed by atoms with Gasteiger partial charge >= 0.3 is 0 Å². The van der Waals surface area contributed by atoms with Crippen LogP contribution < -0.4 is 0 Å². The van der Waals surface area contributed by atoms with E-state index in [-0.39, 0.29) is 35.9 Å². The maximum atomic E-state index is 11.7. The normalized spacial score (nSPS) is 43.9. The van der Waals surface area contributed by atoms with E-state index in [0.717, 1.165) is 5.06 Å². The molecule has 2 saturated heterocycles. The second kappa shape index (κ2) is 2.43. The van der Waals surface area contributed by atoms with E-state index >= 15 is 0 Å². The van der Waals surface area contributed by atoms with Crippen molar-refractivity contribution in [1.29, 1.82) is 0 Å². The van der Waals surface area contributed by atoms with Gasteiger partial charge in [0.15, 0.2) is 0 Å². The fourth-order valence-corrected chi connectivity index (χ4v) is 2.46. The summed E-state index contributed by atoms with van der Waals surface area (Å²) in [6.07, 6.45) is 3.22. The van der Waals surface area contributed by atoms with E-state index in [1.165, 1.54) is 7.11 Å². The van der Waals surface area contributed by atoms with Crippen LogP contribution in [0.3, 0.4) is 0 Å². The molecule has 5 heteroatoms. The zero-order valence-corrected chi connectivity index (χ0v) is 7.54. The number of fused-ring (bicyclic) bond motifs is 5. The molecule has 0 unspecified atom stereocenters. The smallest absolute Gasteiger partial charge is 0.260 e. The average Bonchev–Trinajstić information content (AvgIpc) is 2.80. The van der Waals surface area contributed by atoms with Crippen molar-refractivity contribution in [3.63, 3.8) is 0 Å². The Morgan fingerprint density at radius 3 is 2.14 bits per heavy atom. The Balaban J connectivity index is 2.02. The largest absolute Gasteiger partial charge is 0.365 e. The zero-order valence-electron chi connectivity index (χ0n) is 7.54. The van der Waals surface area contributed by atoms with Gasteiger partial charge < -0.3 is 4.74 Å². The lowest BCUT2D eigenvalue weighted by Gasteiger charge is -2.13. The van der Waals surface area contributed by atoms with Gasteiger partial charge in [0, 0.05) is 0 Å². The Labute approximate surface area is 80.2 Å². The van der Waals surface area contributed by atoms with Crippen LogP contribution in [-0.4, -0.2) is 36.2 Å². The summed E-state index contributed by atoms with van der Waals surface area (Å²) < 4.78 is 5.44. The topological polar surface area (TPSA) is 55.8 Å². The molecule has 14 heavy (non-hydrogen) atoms. The van der Waals surface area contributed by atoms with Crippen molar-refractivity contribution in [3.8, 4) is 0 Å². The highest BCUT2D eigenvalue weighted by Gasteiger charge is 2.61. The third-order valence-corrected chi connectivity index (χ3v) is 3.05. The molecule has 0 spiro atoms. The number of hydrogen-bond donors (Lipinski definition) is 0. The number of amides is 2. The molecule has 3 aliphatic rings. The first-order valence-electron chi connectivity index (χ1n) is 4.50. The van der Waals surface area contributed by atoms with E-state index in [9.17, 15) is 9.59 Å². The SMILES string of the molecule is CON1C(=O)[C@@H]2[C@H](C1=O)[C@H]1C=C[C@@H]2O1. The molecule has 0 aliphatic carbocycles. The molecule has 2 bridgehead atoms. The standard InChI is InChI=1S/C9H9NO4/c1-13-10-8(11)6-4-2-3-5(14-4)7(6)9(10)12/h2-7H,1H3/t4-,5+,6-,7+. The van der Waals surface area contributed by atoms with E-state index in [4.69, 9.17) is 9.57 Å². The summed E-state index contributed by atoms with van der Waals surface area (Å²) in [5, 5.41) is 0.852. The van der Waals surface area contributed by atoms with E-state index in [0.29, 0.717) is 0 Å². The molecule has 0 radical (unpaired) electrons. The van der Waals surface area contributed by atoms with Crippen LogP contribution in [0.25, 0.3) is 0 Å². The molecule has 0 saturated carbocycles. The van der Waals surface area contributed by atoms with Crippen molar-refractivity contribution < 1.29 is 19.2 Å². The van der Waals surface area contributed by atoms with Gasteiger partial charge in [-0.25, -0.2) is 0 Å². The lowest BCUT2D eigenvalue weighted by atomic mass is 9.85. The summed E-state index contributed by atoms with van der Waals surface area (Å²) >= 11 is 0. The number of nitrogens with zero attached hydrogens (tertiary/aromatic N) is 1. The summed E-state index contributed by atoms with van der Waals surface area (Å²) in [5.41, 5.74) is 0. The van der Waals surface area contributed by atoms with Gasteiger partial charge in [0.05, 0.1) is 31.2 Å². The van der Waals surface area contributed by atoms with Gasteiger partial charge in [-0.1, -0.05) is 12.2 Å². The molecule has 3 aliphatic heterocycles. The molecule has 0 aromatic heterocycles. The minimum absolute atomic E-state index is 0.235. The predicted octanol–water partition coefficient (Wildman–Crippen LogP) is -0.514. The molecule has 0 N–H and O–H groups in total. The van der Waals surface area contributed by atoms with Crippen LogP contribution in [0.4, 0.5) is 0 Å². The molecular formula is C9H9NO4. The van der Waals surface area contributed by atoms with Gasteiger partial charge in [-0.15, -0.1) is 0 Å². The van der Waals surface area contributed by atoms with Crippen LogP contribution in [0.5, 0.6) is 0 Å². The Morgan fingerprint density at radius 2 is 1.71 bits per heavy atom. The molecular weight excluding hydrogens is 186 g/mol. The van der Waals surface area contributed by atoms with Crippen molar-refractivity contribution in [3.05, 3.63) is 12.2 Å². The first-order chi connectivity index (χ1) is 6.74. The van der Waals surface area contributed by atoms with Gasteiger partial charge in [-0.3, -0.25) is 14.4 Å². The number of ether oxygens (including phenoxy) is 1. The maximum Gasteiger partial charge on any atom is 0.260 e. The predicted molar refractivity (Wildman–Crippen MR) is 43.6 cm³/mol. The Bertz CT molecular complexity index is 321. The van der Waals surface area contributed by atoms with Gasteiger partial charge in [0.2, 0.25) is 0 Å². The van der Waals surface area contributed by atoms with Crippen LogP contribution in [0.2, 0.25) is 0 Å². The second-order valence-electron chi connectivity index (χ2n) is 3.66. The molecule has 0 aromatic carbocycles. The minimum atomic E-state index is -0.363. The van der Waals surface area contributed by atoms with Crippen LogP contribution in [-0.2, 0) is 19.2 Å². The lowest BCUT2D eigenvalue weighted by Crippen LogP contribution is -2.33. The molecule has 4 atom stereocenters. The Kier molecular flexibility index (Phi) is 1.41. The Morgan fingerprint density at radius 1 is 1.21 bits per heavy atom. The molecule has 5 nitrogen and oxygen atoms in total. The van der Waals surface area contributed by atoms with Gasteiger partial charge in [-0.2, -0.15) is 5.06 Å². The third kappa shape index (κ3) is 0.726. The summed E-state index contributed by atoms with van der Waals surface area (Å²) in [7, 11) is 1.33. The number of hydrogen-bond acceptors (Lipinski definition) is 4. The van der Waals surface area contributed by atoms with Crippen molar-refractivity contribution in [1.82, 2.24) is 5.06 Å². The molecule has 2 fully saturated rings. The first-order valence-corrected chi connectivity index (χ1v) is 4.50. The molecule has 74 valence electrons. The first kappa shape index (κ1) is 8.14. The third-order valence-electron chi connectivity index (χ3n) is 3.05. The average molecular weight is 195 g/mol. The molecule has 3 heterocycles. The van der Waals surface area contributed by atoms with Gasteiger partial charge in [0.25, 0.3) is 11.8 Å². The van der Waals surface area contributed by atoms with Crippen LogP contribution in [0, 0.1) is 11.8 Å². The minimum Gasteiger partial charge on any atom is -0.365 e. The summed E-state index contributed by atoms with van der Waals surface area (Å²) in [4.78, 5) is 28.1. The van der Waals surface area contributed by atoms with E-state index in [1.807, 2.05) is 12.2 Å². The highest BCUT2D eigenvalue weighted by atomic mass is 16.7. The van der Waals surface area contributed by atoms with Crippen molar-refractivity contribution in [2.45, 2.75) is 12.2 Å². The van der Waals surface area contributed by atoms with Crippen molar-refractivity contribution in [2.75, 3.05) is 7.11 Å². The summed E-state index contributed by atoms with van der Waals surface area (Å²) in [5.74, 6) is -1.28. The van der Waals surface area contributed by atoms with Crippen LogP contribution >= 0.6 is 0 Å².